The molecule has 0 aliphatic rings. The third-order valence-corrected chi connectivity index (χ3v) is 2.78. The second-order valence-corrected chi connectivity index (χ2v) is 4.16. The van der Waals surface area contributed by atoms with Gasteiger partial charge < -0.3 is 5.32 Å². The van der Waals surface area contributed by atoms with Crippen molar-refractivity contribution >= 4 is 0 Å². The number of nitrogens with one attached hydrogen (secondary N) is 1. The van der Waals surface area contributed by atoms with Crippen LogP contribution in [0.25, 0.3) is 5.69 Å². The Kier molecular flexibility index (Phi) is 3.66. The van der Waals surface area contributed by atoms with Crippen LogP contribution in [0, 0.1) is 12.7 Å². The van der Waals surface area contributed by atoms with Crippen LogP contribution in [0.4, 0.5) is 4.39 Å². The van der Waals surface area contributed by atoms with Gasteiger partial charge in [0.1, 0.15) is 5.82 Å². The maximum Gasteiger partial charge on any atom is 0.173 e. The van der Waals surface area contributed by atoms with Gasteiger partial charge in [0.25, 0.3) is 0 Å². The first-order valence-corrected chi connectivity index (χ1v) is 5.91. The molecule has 6 heteroatoms. The Morgan fingerprint density at radius 2 is 2.22 bits per heavy atom. The lowest BCUT2D eigenvalue weighted by molar-refractivity contribution is 0.550. The lowest BCUT2D eigenvalue weighted by atomic mass is 10.2. The summed E-state index contributed by atoms with van der Waals surface area (Å²) in [6, 6.07) is 4.86. The molecule has 0 aliphatic carbocycles. The van der Waals surface area contributed by atoms with Crippen LogP contribution >= 0.6 is 0 Å². The van der Waals surface area contributed by atoms with E-state index in [9.17, 15) is 4.39 Å². The Morgan fingerprint density at radius 1 is 1.44 bits per heavy atom. The quantitative estimate of drug-likeness (QED) is 0.897. The van der Waals surface area contributed by atoms with E-state index < -0.39 is 0 Å². The van der Waals surface area contributed by atoms with E-state index in [4.69, 9.17) is 0 Å². The Labute approximate surface area is 105 Å². The highest BCUT2D eigenvalue weighted by Gasteiger charge is 2.15. The van der Waals surface area contributed by atoms with Gasteiger partial charge in [0.2, 0.25) is 0 Å². The van der Waals surface area contributed by atoms with Gasteiger partial charge in [-0.1, -0.05) is 6.92 Å². The molecule has 0 spiro atoms. The summed E-state index contributed by atoms with van der Waals surface area (Å²) in [5.74, 6) is 0.482. The van der Waals surface area contributed by atoms with Crippen molar-refractivity contribution in [2.45, 2.75) is 26.8 Å². The van der Waals surface area contributed by atoms with Gasteiger partial charge in [-0.25, -0.2) is 4.39 Å². The van der Waals surface area contributed by atoms with Gasteiger partial charge in [-0.15, -0.1) is 5.10 Å². The van der Waals surface area contributed by atoms with E-state index in [1.165, 1.54) is 6.07 Å². The molecule has 2 aromatic rings. The fourth-order valence-corrected chi connectivity index (χ4v) is 1.81. The monoisotopic (exact) mass is 249 g/mol. The summed E-state index contributed by atoms with van der Waals surface area (Å²) in [5, 5.41) is 14.9. The molecule has 0 radical (unpaired) electrons. The van der Waals surface area contributed by atoms with Crippen molar-refractivity contribution in [1.82, 2.24) is 25.5 Å². The molecule has 1 unspecified atom stereocenters. The molecule has 1 aromatic heterocycles. The van der Waals surface area contributed by atoms with Crippen LogP contribution in [-0.2, 0) is 0 Å². The first kappa shape index (κ1) is 12.6. The van der Waals surface area contributed by atoms with Gasteiger partial charge in [0, 0.05) is 0 Å². The number of hydrogen-bond acceptors (Lipinski definition) is 4. The Morgan fingerprint density at radius 3 is 2.89 bits per heavy atom. The van der Waals surface area contributed by atoms with Crippen molar-refractivity contribution in [2.24, 2.45) is 0 Å². The minimum atomic E-state index is -0.229. The van der Waals surface area contributed by atoms with E-state index in [-0.39, 0.29) is 11.9 Å². The summed E-state index contributed by atoms with van der Waals surface area (Å²) in [4.78, 5) is 0. The number of rotatable bonds is 4. The minimum absolute atomic E-state index is 0.0374. The van der Waals surface area contributed by atoms with Crippen LogP contribution in [0.1, 0.15) is 31.3 Å². The molecule has 0 bridgehead atoms. The molecule has 5 nitrogen and oxygen atoms in total. The van der Waals surface area contributed by atoms with Gasteiger partial charge in [0.15, 0.2) is 5.82 Å². The summed E-state index contributed by atoms with van der Waals surface area (Å²) in [6.07, 6.45) is 0. The zero-order chi connectivity index (χ0) is 13.1. The van der Waals surface area contributed by atoms with Crippen molar-refractivity contribution in [2.75, 3.05) is 6.54 Å². The van der Waals surface area contributed by atoms with Crippen LogP contribution in [0.5, 0.6) is 0 Å². The molecule has 1 aromatic carbocycles. The van der Waals surface area contributed by atoms with E-state index in [0.717, 1.165) is 12.2 Å². The molecule has 1 N–H and O–H groups in total. The average molecular weight is 249 g/mol. The fourth-order valence-electron chi connectivity index (χ4n) is 1.81. The number of benzene rings is 1. The van der Waals surface area contributed by atoms with E-state index >= 15 is 0 Å². The number of aryl methyl sites for hydroxylation is 1. The lowest BCUT2D eigenvalue weighted by Gasteiger charge is -2.12. The standard InChI is InChI=1S/C12H16FN5/c1-4-14-9(3)12-15-16-17-18(12)10-5-6-11(13)8(2)7-10/h5-7,9,14H,4H2,1-3H3. The molecule has 2 rings (SSSR count). The molecular formula is C12H16FN5. The third-order valence-electron chi connectivity index (χ3n) is 2.78. The Balaban J connectivity index is 2.39. The molecule has 1 atom stereocenters. The highest BCUT2D eigenvalue weighted by atomic mass is 19.1. The number of tetrazole rings is 1. The number of nitrogens with zero attached hydrogens (tertiary/aromatic N) is 4. The third kappa shape index (κ3) is 2.38. The highest BCUT2D eigenvalue weighted by molar-refractivity contribution is 5.36. The Bertz CT molecular complexity index is 537. The van der Waals surface area contributed by atoms with Crippen LogP contribution in [0.15, 0.2) is 18.2 Å². The van der Waals surface area contributed by atoms with E-state index in [2.05, 4.69) is 20.8 Å². The van der Waals surface area contributed by atoms with Crippen LogP contribution in [0.3, 0.4) is 0 Å². The maximum absolute atomic E-state index is 13.2. The van der Waals surface area contributed by atoms with E-state index in [0.29, 0.717) is 11.4 Å². The summed E-state index contributed by atoms with van der Waals surface area (Å²) >= 11 is 0. The normalized spacial score (nSPS) is 12.7. The first-order valence-electron chi connectivity index (χ1n) is 5.91. The summed E-state index contributed by atoms with van der Waals surface area (Å²) in [7, 11) is 0. The molecule has 18 heavy (non-hydrogen) atoms. The smallest absolute Gasteiger partial charge is 0.173 e. The van der Waals surface area contributed by atoms with Crippen LogP contribution in [0.2, 0.25) is 0 Å². The zero-order valence-electron chi connectivity index (χ0n) is 10.7. The Hall–Kier alpha value is -1.82. The number of hydrogen-bond donors (Lipinski definition) is 1. The summed E-state index contributed by atoms with van der Waals surface area (Å²) in [5.41, 5.74) is 1.34. The molecule has 0 fully saturated rings. The number of aromatic nitrogens is 4. The van der Waals surface area contributed by atoms with Crippen molar-refractivity contribution < 1.29 is 4.39 Å². The minimum Gasteiger partial charge on any atom is -0.308 e. The number of halogens is 1. The van der Waals surface area contributed by atoms with Gasteiger partial charge in [-0.05, 0) is 54.6 Å². The van der Waals surface area contributed by atoms with E-state index in [1.54, 1.807) is 23.7 Å². The predicted molar refractivity (Wildman–Crippen MR) is 65.9 cm³/mol. The molecule has 1 heterocycles. The van der Waals surface area contributed by atoms with Crippen molar-refractivity contribution in [3.05, 3.63) is 35.4 Å². The van der Waals surface area contributed by atoms with Gasteiger partial charge in [0.05, 0.1) is 11.7 Å². The van der Waals surface area contributed by atoms with Crippen molar-refractivity contribution in [3.63, 3.8) is 0 Å². The molecule has 0 aliphatic heterocycles. The van der Waals surface area contributed by atoms with E-state index in [1.807, 2.05) is 13.8 Å². The predicted octanol–water partition coefficient (Wildman–Crippen LogP) is 1.78. The van der Waals surface area contributed by atoms with Crippen LogP contribution < -0.4 is 5.32 Å². The molecule has 0 saturated carbocycles. The zero-order valence-corrected chi connectivity index (χ0v) is 10.7. The van der Waals surface area contributed by atoms with Crippen molar-refractivity contribution in [1.29, 1.82) is 0 Å². The molecule has 96 valence electrons. The van der Waals surface area contributed by atoms with Gasteiger partial charge in [-0.3, -0.25) is 0 Å². The maximum atomic E-state index is 13.2. The van der Waals surface area contributed by atoms with Gasteiger partial charge in [-0.2, -0.15) is 4.68 Å². The average Bonchev–Trinajstić information content (AvgIpc) is 2.82. The second kappa shape index (κ2) is 5.22. The fraction of sp³-hybridized carbons (Fsp3) is 0.417. The summed E-state index contributed by atoms with van der Waals surface area (Å²) in [6.45, 7) is 6.56. The molecular weight excluding hydrogens is 233 g/mol. The largest absolute Gasteiger partial charge is 0.308 e. The highest BCUT2D eigenvalue weighted by Crippen LogP contribution is 2.16. The second-order valence-electron chi connectivity index (χ2n) is 4.16. The summed E-state index contributed by atoms with van der Waals surface area (Å²) < 4.78 is 14.9. The SMILES string of the molecule is CCNC(C)c1nnnn1-c1ccc(F)c(C)c1. The topological polar surface area (TPSA) is 55.6 Å². The van der Waals surface area contributed by atoms with Crippen molar-refractivity contribution in [3.8, 4) is 5.69 Å². The van der Waals surface area contributed by atoms with Gasteiger partial charge >= 0.3 is 0 Å². The van der Waals surface area contributed by atoms with Crippen LogP contribution in [-0.4, -0.2) is 26.8 Å². The lowest BCUT2D eigenvalue weighted by Crippen LogP contribution is -2.21. The molecule has 0 amide bonds. The first-order chi connectivity index (χ1) is 8.63. The molecule has 0 saturated heterocycles.